The Labute approximate surface area is 117 Å². The van der Waals surface area contributed by atoms with Crippen molar-refractivity contribution in [1.29, 1.82) is 0 Å². The Balaban J connectivity index is 2.66. The van der Waals surface area contributed by atoms with Crippen molar-refractivity contribution < 1.29 is 8.42 Å². The van der Waals surface area contributed by atoms with Gasteiger partial charge in [-0.25, -0.2) is 8.42 Å². The second kappa shape index (κ2) is 7.65. The van der Waals surface area contributed by atoms with Gasteiger partial charge >= 0.3 is 0 Å². The molecule has 1 unspecified atom stereocenters. The van der Waals surface area contributed by atoms with Crippen LogP contribution < -0.4 is 5.32 Å². The van der Waals surface area contributed by atoms with Crippen molar-refractivity contribution >= 4 is 9.84 Å². The molecule has 0 aliphatic carbocycles. The van der Waals surface area contributed by atoms with Crippen LogP contribution in [0.15, 0.2) is 29.2 Å². The number of rotatable bonds is 8. The van der Waals surface area contributed by atoms with Crippen molar-refractivity contribution in [1.82, 2.24) is 5.32 Å². The third-order valence-electron chi connectivity index (χ3n) is 3.41. The maximum absolute atomic E-state index is 11.4. The zero-order chi connectivity index (χ0) is 14.3. The fourth-order valence-electron chi connectivity index (χ4n) is 2.20. The smallest absolute Gasteiger partial charge is 0.175 e. The van der Waals surface area contributed by atoms with Gasteiger partial charge in [0.25, 0.3) is 0 Å². The van der Waals surface area contributed by atoms with Gasteiger partial charge in [-0.05, 0) is 31.2 Å². The number of sulfone groups is 1. The van der Waals surface area contributed by atoms with E-state index in [2.05, 4.69) is 12.2 Å². The second-order valence-electron chi connectivity index (χ2n) is 5.03. The van der Waals surface area contributed by atoms with E-state index < -0.39 is 9.84 Å². The lowest BCUT2D eigenvalue weighted by Gasteiger charge is -2.16. The van der Waals surface area contributed by atoms with Gasteiger partial charge in [0, 0.05) is 12.3 Å². The van der Waals surface area contributed by atoms with Crippen LogP contribution >= 0.6 is 0 Å². The maximum atomic E-state index is 11.4. The normalized spacial score (nSPS) is 13.4. The van der Waals surface area contributed by atoms with E-state index in [0.717, 1.165) is 12.0 Å². The first kappa shape index (κ1) is 16.2. The SMILES string of the molecule is CCCCCCC(NC)c1ccc(S(C)(=O)=O)cc1. The molecule has 0 heterocycles. The molecule has 0 aromatic heterocycles. The molecule has 0 radical (unpaired) electrons. The molecular formula is C15H25NO2S. The Morgan fingerprint density at radius 3 is 2.21 bits per heavy atom. The number of hydrogen-bond donors (Lipinski definition) is 1. The predicted molar refractivity (Wildman–Crippen MR) is 80.1 cm³/mol. The van der Waals surface area contributed by atoms with Crippen LogP contribution in [0.3, 0.4) is 0 Å². The maximum Gasteiger partial charge on any atom is 0.175 e. The third kappa shape index (κ3) is 5.33. The summed E-state index contributed by atoms with van der Waals surface area (Å²) in [4.78, 5) is 0.386. The Morgan fingerprint density at radius 2 is 1.74 bits per heavy atom. The lowest BCUT2D eigenvalue weighted by atomic mass is 10.0. The summed E-state index contributed by atoms with van der Waals surface area (Å²) in [5, 5.41) is 3.30. The van der Waals surface area contributed by atoms with Crippen molar-refractivity contribution in [2.75, 3.05) is 13.3 Å². The summed E-state index contributed by atoms with van der Waals surface area (Å²) in [6.07, 6.45) is 7.32. The fourth-order valence-corrected chi connectivity index (χ4v) is 2.83. The lowest BCUT2D eigenvalue weighted by molar-refractivity contribution is 0.505. The van der Waals surface area contributed by atoms with E-state index in [1.807, 2.05) is 19.2 Å². The van der Waals surface area contributed by atoms with E-state index in [4.69, 9.17) is 0 Å². The molecule has 0 aliphatic heterocycles. The predicted octanol–water partition coefficient (Wildman–Crippen LogP) is 3.32. The van der Waals surface area contributed by atoms with Crippen molar-refractivity contribution in [3.63, 3.8) is 0 Å². The summed E-state index contributed by atoms with van der Waals surface area (Å²) in [6, 6.07) is 7.53. The molecule has 1 N–H and O–H groups in total. The first-order chi connectivity index (χ1) is 8.99. The van der Waals surface area contributed by atoms with Gasteiger partial charge in [0.05, 0.1) is 4.90 Å². The molecule has 108 valence electrons. The average Bonchev–Trinajstić information content (AvgIpc) is 2.38. The summed E-state index contributed by atoms with van der Waals surface area (Å²) in [5.41, 5.74) is 1.16. The molecule has 19 heavy (non-hydrogen) atoms. The van der Waals surface area contributed by atoms with Crippen LogP contribution in [0.1, 0.15) is 50.6 Å². The minimum Gasteiger partial charge on any atom is -0.313 e. The summed E-state index contributed by atoms with van der Waals surface area (Å²) >= 11 is 0. The molecule has 0 saturated heterocycles. The van der Waals surface area contributed by atoms with Gasteiger partial charge in [-0.1, -0.05) is 44.7 Å². The molecule has 0 saturated carbocycles. The largest absolute Gasteiger partial charge is 0.313 e. The average molecular weight is 283 g/mol. The molecule has 0 fully saturated rings. The first-order valence-electron chi connectivity index (χ1n) is 6.96. The number of hydrogen-bond acceptors (Lipinski definition) is 3. The van der Waals surface area contributed by atoms with Crippen molar-refractivity contribution in [2.24, 2.45) is 0 Å². The van der Waals surface area contributed by atoms with Crippen molar-refractivity contribution in [3.05, 3.63) is 29.8 Å². The van der Waals surface area contributed by atoms with E-state index >= 15 is 0 Å². The van der Waals surface area contributed by atoms with Crippen LogP contribution in [0.5, 0.6) is 0 Å². The molecule has 0 spiro atoms. The molecule has 3 nitrogen and oxygen atoms in total. The highest BCUT2D eigenvalue weighted by Crippen LogP contribution is 2.21. The molecule has 0 bridgehead atoms. The molecule has 0 amide bonds. The first-order valence-corrected chi connectivity index (χ1v) is 8.85. The molecule has 1 aromatic carbocycles. The third-order valence-corrected chi connectivity index (χ3v) is 4.53. The molecular weight excluding hydrogens is 258 g/mol. The minimum atomic E-state index is -3.10. The van der Waals surface area contributed by atoms with E-state index in [1.54, 1.807) is 12.1 Å². The summed E-state index contributed by atoms with van der Waals surface area (Å²) in [7, 11) is -1.14. The van der Waals surface area contributed by atoms with Crippen LogP contribution in [0.25, 0.3) is 0 Å². The van der Waals surface area contributed by atoms with E-state index in [1.165, 1.54) is 31.9 Å². The number of benzene rings is 1. The molecule has 4 heteroatoms. The van der Waals surface area contributed by atoms with Crippen molar-refractivity contribution in [3.8, 4) is 0 Å². The Kier molecular flexibility index (Phi) is 6.52. The second-order valence-corrected chi connectivity index (χ2v) is 7.05. The van der Waals surface area contributed by atoms with Crippen LogP contribution in [0, 0.1) is 0 Å². The zero-order valence-electron chi connectivity index (χ0n) is 12.1. The standard InChI is InChI=1S/C15H25NO2S/c1-4-5-6-7-8-15(16-2)13-9-11-14(12-10-13)19(3,17)18/h9-12,15-16H,4-8H2,1-3H3. The van der Waals surface area contributed by atoms with Crippen LogP contribution in [0.2, 0.25) is 0 Å². The van der Waals surface area contributed by atoms with Gasteiger partial charge in [0.15, 0.2) is 9.84 Å². The van der Waals surface area contributed by atoms with Crippen molar-refractivity contribution in [2.45, 2.75) is 50.0 Å². The van der Waals surface area contributed by atoms with Gasteiger partial charge in [-0.3, -0.25) is 0 Å². The molecule has 1 aromatic rings. The minimum absolute atomic E-state index is 0.311. The van der Waals surface area contributed by atoms with Crippen LogP contribution in [0.4, 0.5) is 0 Å². The topological polar surface area (TPSA) is 46.2 Å². The van der Waals surface area contributed by atoms with E-state index in [0.29, 0.717) is 10.9 Å². The Morgan fingerprint density at radius 1 is 1.11 bits per heavy atom. The Bertz CT molecular complexity index is 465. The number of unbranched alkanes of at least 4 members (excludes halogenated alkanes) is 3. The highest BCUT2D eigenvalue weighted by molar-refractivity contribution is 7.90. The lowest BCUT2D eigenvalue weighted by Crippen LogP contribution is -2.16. The highest BCUT2D eigenvalue weighted by Gasteiger charge is 2.11. The molecule has 0 aliphatic rings. The quantitative estimate of drug-likeness (QED) is 0.744. The summed E-state index contributed by atoms with van der Waals surface area (Å²) < 4.78 is 22.8. The Hall–Kier alpha value is -0.870. The fraction of sp³-hybridized carbons (Fsp3) is 0.600. The number of nitrogens with one attached hydrogen (secondary N) is 1. The zero-order valence-corrected chi connectivity index (χ0v) is 13.0. The van der Waals surface area contributed by atoms with Gasteiger partial charge < -0.3 is 5.32 Å². The van der Waals surface area contributed by atoms with E-state index in [9.17, 15) is 8.42 Å². The van der Waals surface area contributed by atoms with Gasteiger partial charge in [-0.15, -0.1) is 0 Å². The van der Waals surface area contributed by atoms with Gasteiger partial charge in [0.1, 0.15) is 0 Å². The summed E-state index contributed by atoms with van der Waals surface area (Å²) in [5.74, 6) is 0. The van der Waals surface area contributed by atoms with Gasteiger partial charge in [0.2, 0.25) is 0 Å². The highest BCUT2D eigenvalue weighted by atomic mass is 32.2. The van der Waals surface area contributed by atoms with E-state index in [-0.39, 0.29) is 0 Å². The van der Waals surface area contributed by atoms with Gasteiger partial charge in [-0.2, -0.15) is 0 Å². The monoisotopic (exact) mass is 283 g/mol. The van der Waals surface area contributed by atoms with Crippen LogP contribution in [-0.2, 0) is 9.84 Å². The van der Waals surface area contributed by atoms with Crippen LogP contribution in [-0.4, -0.2) is 21.7 Å². The molecule has 1 rings (SSSR count). The summed E-state index contributed by atoms with van der Waals surface area (Å²) in [6.45, 7) is 2.21. The molecule has 1 atom stereocenters.